The molecule has 0 radical (unpaired) electrons. The highest BCUT2D eigenvalue weighted by Crippen LogP contribution is 2.13. The van der Waals surface area contributed by atoms with Crippen molar-refractivity contribution in [2.24, 2.45) is 0 Å². The largest absolute Gasteiger partial charge is 0.290 e. The predicted molar refractivity (Wildman–Crippen MR) is 107 cm³/mol. The number of nitrogens with one attached hydrogen (secondary N) is 2. The molecule has 2 aromatic carbocycles. The molecule has 1 heterocycles. The van der Waals surface area contributed by atoms with E-state index in [2.05, 4.69) is 16.0 Å². The van der Waals surface area contributed by atoms with Crippen LogP contribution in [0.2, 0.25) is 0 Å². The first kappa shape index (κ1) is 19.3. The van der Waals surface area contributed by atoms with E-state index in [4.69, 9.17) is 0 Å². The van der Waals surface area contributed by atoms with E-state index in [0.29, 0.717) is 17.3 Å². The Morgan fingerprint density at radius 2 is 1.71 bits per heavy atom. The molecule has 3 aromatic rings. The molecular formula is C21H22N4O3. The van der Waals surface area contributed by atoms with Gasteiger partial charge in [0.15, 0.2) is 5.69 Å². The molecule has 0 aliphatic heterocycles. The second kappa shape index (κ2) is 8.04. The van der Waals surface area contributed by atoms with Crippen LogP contribution in [0.25, 0.3) is 10.8 Å². The topological polar surface area (TPSA) is 93.1 Å². The molecule has 0 aliphatic rings. The van der Waals surface area contributed by atoms with E-state index in [1.807, 2.05) is 32.0 Å². The second-order valence-corrected chi connectivity index (χ2v) is 6.61. The SMILES string of the molecule is CCn1nc(C(=O)NNC(=O)Cc2ccc(C)c(C)c2)c2ccccc2c1=O. The van der Waals surface area contributed by atoms with Gasteiger partial charge in [-0.1, -0.05) is 36.4 Å². The average molecular weight is 378 g/mol. The number of benzene rings is 2. The molecule has 144 valence electrons. The fourth-order valence-electron chi connectivity index (χ4n) is 2.95. The highest BCUT2D eigenvalue weighted by molar-refractivity contribution is 6.05. The van der Waals surface area contributed by atoms with Crippen LogP contribution in [-0.4, -0.2) is 21.6 Å². The molecule has 2 amide bonds. The Morgan fingerprint density at radius 3 is 2.39 bits per heavy atom. The van der Waals surface area contributed by atoms with Crippen molar-refractivity contribution < 1.29 is 9.59 Å². The molecule has 0 unspecified atom stereocenters. The van der Waals surface area contributed by atoms with E-state index in [-0.39, 0.29) is 23.6 Å². The zero-order chi connectivity index (χ0) is 20.3. The maximum Gasteiger partial charge on any atom is 0.290 e. The van der Waals surface area contributed by atoms with Crippen molar-refractivity contribution in [3.05, 3.63) is 75.2 Å². The van der Waals surface area contributed by atoms with Crippen molar-refractivity contribution in [1.82, 2.24) is 20.6 Å². The van der Waals surface area contributed by atoms with Crippen molar-refractivity contribution in [1.29, 1.82) is 0 Å². The number of hydrazine groups is 1. The van der Waals surface area contributed by atoms with E-state index in [1.165, 1.54) is 4.68 Å². The third kappa shape index (κ3) is 3.93. The molecule has 0 fully saturated rings. The van der Waals surface area contributed by atoms with Gasteiger partial charge in [0.2, 0.25) is 5.91 Å². The molecule has 3 rings (SSSR count). The van der Waals surface area contributed by atoms with Crippen LogP contribution in [0, 0.1) is 13.8 Å². The number of nitrogens with zero attached hydrogens (tertiary/aromatic N) is 2. The Balaban J connectivity index is 1.76. The Kier molecular flexibility index (Phi) is 5.54. The summed E-state index contributed by atoms with van der Waals surface area (Å²) in [6.45, 7) is 6.10. The van der Waals surface area contributed by atoms with Crippen molar-refractivity contribution in [3.63, 3.8) is 0 Å². The molecule has 0 aliphatic carbocycles. The molecule has 0 atom stereocenters. The number of fused-ring (bicyclic) bond motifs is 1. The van der Waals surface area contributed by atoms with Gasteiger partial charge in [-0.25, -0.2) is 4.68 Å². The van der Waals surface area contributed by atoms with Crippen molar-refractivity contribution in [2.75, 3.05) is 0 Å². The maximum absolute atomic E-state index is 12.6. The van der Waals surface area contributed by atoms with Crippen LogP contribution in [0.5, 0.6) is 0 Å². The molecule has 28 heavy (non-hydrogen) atoms. The Bertz CT molecular complexity index is 1120. The number of rotatable bonds is 4. The average Bonchev–Trinajstić information content (AvgIpc) is 2.69. The van der Waals surface area contributed by atoms with Crippen LogP contribution < -0.4 is 16.4 Å². The number of hydrogen-bond donors (Lipinski definition) is 2. The van der Waals surface area contributed by atoms with E-state index >= 15 is 0 Å². The van der Waals surface area contributed by atoms with Gasteiger partial charge in [-0.3, -0.25) is 25.2 Å². The van der Waals surface area contributed by atoms with Crippen LogP contribution in [0.15, 0.2) is 47.3 Å². The fourth-order valence-corrected chi connectivity index (χ4v) is 2.95. The van der Waals surface area contributed by atoms with Gasteiger partial charge in [0.1, 0.15) is 0 Å². The lowest BCUT2D eigenvalue weighted by atomic mass is 10.0. The van der Waals surface area contributed by atoms with E-state index in [0.717, 1.165) is 16.7 Å². The van der Waals surface area contributed by atoms with E-state index in [1.54, 1.807) is 31.2 Å². The zero-order valence-electron chi connectivity index (χ0n) is 16.1. The predicted octanol–water partition coefficient (Wildman–Crippen LogP) is 2.04. The van der Waals surface area contributed by atoms with Gasteiger partial charge in [-0.05, 0) is 43.5 Å². The quantitative estimate of drug-likeness (QED) is 0.680. The van der Waals surface area contributed by atoms with Gasteiger partial charge >= 0.3 is 0 Å². The van der Waals surface area contributed by atoms with E-state index < -0.39 is 5.91 Å². The summed E-state index contributed by atoms with van der Waals surface area (Å²) in [6, 6.07) is 12.6. The Morgan fingerprint density at radius 1 is 1.00 bits per heavy atom. The third-order valence-electron chi connectivity index (χ3n) is 4.63. The molecule has 1 aromatic heterocycles. The first-order valence-corrected chi connectivity index (χ1v) is 9.06. The monoisotopic (exact) mass is 378 g/mol. The first-order valence-electron chi connectivity index (χ1n) is 9.06. The summed E-state index contributed by atoms with van der Waals surface area (Å²) in [7, 11) is 0. The van der Waals surface area contributed by atoms with Gasteiger partial charge in [-0.2, -0.15) is 5.10 Å². The number of aryl methyl sites for hydroxylation is 3. The summed E-state index contributed by atoms with van der Waals surface area (Å²) in [5, 5.41) is 4.99. The molecule has 0 saturated carbocycles. The van der Waals surface area contributed by atoms with Crippen LogP contribution in [-0.2, 0) is 17.8 Å². The van der Waals surface area contributed by atoms with Crippen molar-refractivity contribution in [2.45, 2.75) is 33.7 Å². The van der Waals surface area contributed by atoms with Crippen LogP contribution in [0.4, 0.5) is 0 Å². The Labute approximate surface area is 162 Å². The summed E-state index contributed by atoms with van der Waals surface area (Å²) < 4.78 is 1.23. The minimum absolute atomic E-state index is 0.0866. The molecule has 2 N–H and O–H groups in total. The normalized spacial score (nSPS) is 10.7. The Hall–Kier alpha value is -3.48. The fraction of sp³-hybridized carbons (Fsp3) is 0.238. The van der Waals surface area contributed by atoms with Crippen LogP contribution in [0.1, 0.15) is 34.1 Å². The summed E-state index contributed by atoms with van der Waals surface area (Å²) in [4.78, 5) is 37.1. The van der Waals surface area contributed by atoms with E-state index in [9.17, 15) is 14.4 Å². The highest BCUT2D eigenvalue weighted by Gasteiger charge is 2.16. The standard InChI is InChI=1S/C21H22N4O3/c1-4-25-21(28)17-8-6-5-7-16(17)19(24-25)20(27)23-22-18(26)12-15-10-9-13(2)14(3)11-15/h5-11H,4,12H2,1-3H3,(H,22,26)(H,23,27). The van der Waals surface area contributed by atoms with Crippen LogP contribution in [0.3, 0.4) is 0 Å². The minimum atomic E-state index is -0.577. The smallest absolute Gasteiger partial charge is 0.273 e. The third-order valence-corrected chi connectivity index (χ3v) is 4.63. The lowest BCUT2D eigenvalue weighted by molar-refractivity contribution is -0.121. The summed E-state index contributed by atoms with van der Waals surface area (Å²) in [6.07, 6.45) is 0.143. The zero-order valence-corrected chi connectivity index (χ0v) is 16.1. The number of carbonyl (C=O) groups excluding carboxylic acids is 2. The van der Waals surface area contributed by atoms with Gasteiger partial charge in [0, 0.05) is 11.9 Å². The van der Waals surface area contributed by atoms with Gasteiger partial charge in [0.25, 0.3) is 11.5 Å². The van der Waals surface area contributed by atoms with Crippen molar-refractivity contribution in [3.8, 4) is 0 Å². The second-order valence-electron chi connectivity index (χ2n) is 6.61. The lowest BCUT2D eigenvalue weighted by Crippen LogP contribution is -2.43. The van der Waals surface area contributed by atoms with Gasteiger partial charge in [0.05, 0.1) is 11.8 Å². The van der Waals surface area contributed by atoms with Gasteiger partial charge < -0.3 is 0 Å². The summed E-state index contributed by atoms with van der Waals surface area (Å²) in [5.74, 6) is -0.920. The van der Waals surface area contributed by atoms with Crippen LogP contribution >= 0.6 is 0 Å². The van der Waals surface area contributed by atoms with Gasteiger partial charge in [-0.15, -0.1) is 0 Å². The molecular weight excluding hydrogens is 356 g/mol. The first-order chi connectivity index (χ1) is 13.4. The molecule has 0 bridgehead atoms. The summed E-state index contributed by atoms with van der Waals surface area (Å²) >= 11 is 0. The summed E-state index contributed by atoms with van der Waals surface area (Å²) in [5.41, 5.74) is 7.75. The number of amides is 2. The minimum Gasteiger partial charge on any atom is -0.273 e. The lowest BCUT2D eigenvalue weighted by Gasteiger charge is -2.11. The molecule has 7 nitrogen and oxygen atoms in total. The molecule has 0 saturated heterocycles. The molecule has 7 heteroatoms. The highest BCUT2D eigenvalue weighted by atomic mass is 16.2. The number of hydrogen-bond acceptors (Lipinski definition) is 4. The van der Waals surface area contributed by atoms with Crippen molar-refractivity contribution >= 4 is 22.6 Å². The molecule has 0 spiro atoms. The number of aromatic nitrogens is 2. The number of carbonyl (C=O) groups is 2. The maximum atomic E-state index is 12.6.